The van der Waals surface area contributed by atoms with Gasteiger partial charge < -0.3 is 4.74 Å². The third kappa shape index (κ3) is 2.22. The molecule has 0 bridgehead atoms. The summed E-state index contributed by atoms with van der Waals surface area (Å²) in [6, 6.07) is 0. The molecule has 1 rings (SSSR count). The minimum absolute atomic E-state index is 0.319. The molecule has 1 nitrogen and oxygen atoms in total. The van der Waals surface area contributed by atoms with E-state index in [-0.39, 0.29) is 0 Å². The molecule has 1 aliphatic rings. The highest BCUT2D eigenvalue weighted by atomic mass is 16.5. The van der Waals surface area contributed by atoms with Crippen LogP contribution >= 0.6 is 0 Å². The highest BCUT2D eigenvalue weighted by Crippen LogP contribution is 2.46. The predicted octanol–water partition coefficient (Wildman–Crippen LogP) is 4.12. The maximum atomic E-state index is 6.29. The van der Waals surface area contributed by atoms with Crippen molar-refractivity contribution in [3.8, 4) is 0 Å². The molecule has 1 heterocycles. The Balaban J connectivity index is 2.88. The molecule has 0 aromatic rings. The van der Waals surface area contributed by atoms with Crippen LogP contribution in [-0.2, 0) is 4.74 Å². The van der Waals surface area contributed by atoms with E-state index in [1.54, 1.807) is 0 Å². The van der Waals surface area contributed by atoms with Crippen molar-refractivity contribution in [2.24, 2.45) is 23.2 Å². The summed E-state index contributed by atoms with van der Waals surface area (Å²) in [7, 11) is 0. The smallest absolute Gasteiger partial charge is 0.0630 e. The van der Waals surface area contributed by atoms with Crippen molar-refractivity contribution in [2.45, 2.75) is 67.1 Å². The Morgan fingerprint density at radius 2 is 1.73 bits per heavy atom. The van der Waals surface area contributed by atoms with Gasteiger partial charge in [0, 0.05) is 0 Å². The maximum absolute atomic E-state index is 6.29. The lowest BCUT2D eigenvalue weighted by molar-refractivity contribution is -0.186. The highest BCUT2D eigenvalue weighted by Gasteiger charge is 2.46. The first-order valence-electron chi connectivity index (χ1n) is 6.47. The molecular formula is C14H28O. The van der Waals surface area contributed by atoms with Crippen molar-refractivity contribution in [1.82, 2.24) is 0 Å². The maximum Gasteiger partial charge on any atom is 0.0630 e. The van der Waals surface area contributed by atoms with Crippen LogP contribution < -0.4 is 0 Å². The molecular weight excluding hydrogens is 184 g/mol. The molecule has 0 aromatic heterocycles. The first kappa shape index (κ1) is 13.0. The summed E-state index contributed by atoms with van der Waals surface area (Å²) in [5.41, 5.74) is 0.319. The van der Waals surface area contributed by atoms with E-state index in [9.17, 15) is 0 Å². The van der Waals surface area contributed by atoms with E-state index in [2.05, 4.69) is 48.5 Å². The van der Waals surface area contributed by atoms with Gasteiger partial charge in [0.15, 0.2) is 0 Å². The Morgan fingerprint density at radius 1 is 1.20 bits per heavy atom. The molecule has 90 valence electrons. The van der Waals surface area contributed by atoms with E-state index in [4.69, 9.17) is 4.74 Å². The summed E-state index contributed by atoms with van der Waals surface area (Å²) in [6.07, 6.45) is 2.00. The lowest BCUT2D eigenvalue weighted by Crippen LogP contribution is -2.52. The second-order valence-corrected chi connectivity index (χ2v) is 6.21. The Bertz CT molecular complexity index is 201. The van der Waals surface area contributed by atoms with Crippen LogP contribution in [0.25, 0.3) is 0 Å². The molecule has 1 aliphatic heterocycles. The van der Waals surface area contributed by atoms with Gasteiger partial charge in [-0.2, -0.15) is 0 Å². The molecule has 0 N–H and O–H groups in total. The normalized spacial score (nSPS) is 40.8. The van der Waals surface area contributed by atoms with Crippen molar-refractivity contribution in [3.63, 3.8) is 0 Å². The van der Waals surface area contributed by atoms with Gasteiger partial charge in [-0.05, 0) is 29.6 Å². The van der Waals surface area contributed by atoms with E-state index in [0.29, 0.717) is 29.5 Å². The summed E-state index contributed by atoms with van der Waals surface area (Å²) in [5, 5.41) is 0. The second kappa shape index (κ2) is 4.45. The molecule has 0 aromatic carbocycles. The molecule has 0 radical (unpaired) electrons. The van der Waals surface area contributed by atoms with Gasteiger partial charge in [-0.15, -0.1) is 0 Å². The van der Waals surface area contributed by atoms with E-state index in [1.807, 2.05) is 0 Å². The quantitative estimate of drug-likeness (QED) is 0.669. The predicted molar refractivity (Wildman–Crippen MR) is 65.9 cm³/mol. The SMILES string of the molecule is CCC1O[C@@H](C(C)C)C(C)[C@@H](C)C1(C)C. The largest absolute Gasteiger partial charge is 0.374 e. The lowest BCUT2D eigenvalue weighted by atomic mass is 9.64. The van der Waals surface area contributed by atoms with Crippen LogP contribution in [0, 0.1) is 23.2 Å². The fraction of sp³-hybridized carbons (Fsp3) is 1.00. The van der Waals surface area contributed by atoms with Crippen LogP contribution in [0.1, 0.15) is 54.9 Å². The van der Waals surface area contributed by atoms with Crippen LogP contribution in [0.2, 0.25) is 0 Å². The minimum Gasteiger partial charge on any atom is -0.374 e. The third-order valence-electron chi connectivity index (χ3n) is 4.66. The number of hydrogen-bond donors (Lipinski definition) is 0. The average Bonchev–Trinajstić information content (AvgIpc) is 2.14. The van der Waals surface area contributed by atoms with E-state index < -0.39 is 0 Å². The van der Waals surface area contributed by atoms with Crippen molar-refractivity contribution in [3.05, 3.63) is 0 Å². The van der Waals surface area contributed by atoms with E-state index in [0.717, 1.165) is 12.3 Å². The summed E-state index contributed by atoms with van der Waals surface area (Å²) >= 11 is 0. The van der Waals surface area contributed by atoms with Crippen LogP contribution in [0.4, 0.5) is 0 Å². The van der Waals surface area contributed by atoms with Gasteiger partial charge in [-0.25, -0.2) is 0 Å². The van der Waals surface area contributed by atoms with Crippen LogP contribution in [0.5, 0.6) is 0 Å². The Hall–Kier alpha value is -0.0400. The van der Waals surface area contributed by atoms with E-state index in [1.165, 1.54) is 0 Å². The highest BCUT2D eigenvalue weighted by molar-refractivity contribution is 4.94. The zero-order chi connectivity index (χ0) is 11.8. The summed E-state index contributed by atoms with van der Waals surface area (Å²) < 4.78 is 6.29. The standard InChI is InChI=1S/C14H28O/c1-8-12-14(6,7)11(5)10(4)13(15-12)9(2)3/h9-13H,8H2,1-7H3/t10?,11-,12?,13+/m1/s1. The van der Waals surface area contributed by atoms with Gasteiger partial charge in [-0.1, -0.05) is 48.5 Å². The molecule has 15 heavy (non-hydrogen) atoms. The van der Waals surface area contributed by atoms with Crippen molar-refractivity contribution in [2.75, 3.05) is 0 Å². The monoisotopic (exact) mass is 212 g/mol. The third-order valence-corrected chi connectivity index (χ3v) is 4.66. The zero-order valence-electron chi connectivity index (χ0n) is 11.5. The fourth-order valence-corrected chi connectivity index (χ4v) is 3.13. The van der Waals surface area contributed by atoms with Crippen LogP contribution in [0.3, 0.4) is 0 Å². The molecule has 0 spiro atoms. The molecule has 4 atom stereocenters. The Kier molecular flexibility index (Phi) is 3.86. The molecule has 0 aliphatic carbocycles. The average molecular weight is 212 g/mol. The fourth-order valence-electron chi connectivity index (χ4n) is 3.13. The zero-order valence-corrected chi connectivity index (χ0v) is 11.5. The minimum atomic E-state index is 0.319. The first-order valence-corrected chi connectivity index (χ1v) is 6.47. The molecule has 1 heteroatoms. The number of hydrogen-bond acceptors (Lipinski definition) is 1. The topological polar surface area (TPSA) is 9.23 Å². The van der Waals surface area contributed by atoms with Gasteiger partial charge in [0.2, 0.25) is 0 Å². The molecule has 1 fully saturated rings. The van der Waals surface area contributed by atoms with Gasteiger partial charge >= 0.3 is 0 Å². The first-order chi connectivity index (χ1) is 6.82. The van der Waals surface area contributed by atoms with E-state index >= 15 is 0 Å². The number of rotatable bonds is 2. The van der Waals surface area contributed by atoms with Crippen LogP contribution in [0.15, 0.2) is 0 Å². The number of ether oxygens (including phenoxy) is 1. The van der Waals surface area contributed by atoms with Gasteiger partial charge in [-0.3, -0.25) is 0 Å². The summed E-state index contributed by atoms with van der Waals surface area (Å²) in [6.45, 7) is 16.3. The van der Waals surface area contributed by atoms with Crippen LogP contribution in [-0.4, -0.2) is 12.2 Å². The molecule has 0 saturated carbocycles. The van der Waals surface area contributed by atoms with Crippen molar-refractivity contribution in [1.29, 1.82) is 0 Å². The van der Waals surface area contributed by atoms with Gasteiger partial charge in [0.05, 0.1) is 12.2 Å². The molecule has 0 amide bonds. The molecule has 1 saturated heterocycles. The molecule has 2 unspecified atom stereocenters. The van der Waals surface area contributed by atoms with Crippen molar-refractivity contribution >= 4 is 0 Å². The Morgan fingerprint density at radius 3 is 2.13 bits per heavy atom. The summed E-state index contributed by atoms with van der Waals surface area (Å²) in [5.74, 6) is 2.04. The Labute approximate surface area is 95.6 Å². The summed E-state index contributed by atoms with van der Waals surface area (Å²) in [4.78, 5) is 0. The van der Waals surface area contributed by atoms with Gasteiger partial charge in [0.1, 0.15) is 0 Å². The second-order valence-electron chi connectivity index (χ2n) is 6.21. The lowest BCUT2D eigenvalue weighted by Gasteiger charge is -2.51. The van der Waals surface area contributed by atoms with Gasteiger partial charge in [0.25, 0.3) is 0 Å². The van der Waals surface area contributed by atoms with Crippen molar-refractivity contribution < 1.29 is 4.74 Å².